The molecule has 11 heteroatoms. The molecule has 0 radical (unpaired) electrons. The lowest BCUT2D eigenvalue weighted by atomic mass is 10.1. The molecular formula is C17H13F4N5O2. The Bertz CT molecular complexity index is 1040. The van der Waals surface area contributed by atoms with Crippen molar-refractivity contribution in [3.8, 4) is 5.82 Å². The highest BCUT2D eigenvalue weighted by Gasteiger charge is 2.41. The number of carbonyl (C=O) groups excluding carboxylic acids is 1. The van der Waals surface area contributed by atoms with E-state index in [-0.39, 0.29) is 5.82 Å². The highest BCUT2D eigenvalue weighted by atomic mass is 19.4. The molecule has 2 N–H and O–H groups in total. The van der Waals surface area contributed by atoms with Gasteiger partial charge in [-0.05, 0) is 30.7 Å². The topological polar surface area (TPSA) is 92.7 Å². The van der Waals surface area contributed by atoms with Crippen LogP contribution in [-0.2, 0) is 6.18 Å². The van der Waals surface area contributed by atoms with Crippen molar-refractivity contribution in [2.45, 2.75) is 19.1 Å². The van der Waals surface area contributed by atoms with E-state index >= 15 is 0 Å². The molecule has 0 aliphatic rings. The second-order valence-electron chi connectivity index (χ2n) is 5.84. The molecule has 1 amide bonds. The summed E-state index contributed by atoms with van der Waals surface area (Å²) in [6.07, 6.45) is -4.15. The maximum atomic E-state index is 13.6. The van der Waals surface area contributed by atoms with Crippen molar-refractivity contribution in [3.63, 3.8) is 0 Å². The molecule has 0 fully saturated rings. The standard InChI is InChI=1S/C17H13F4N5O2/c1-9(10-2-4-11(18)5-3-10)23-16(28)12-8-22-26(15(12)17(19,20)21)13-6-7-14(27)25-24-13/h2-9H,1H3,(H,23,28)(H,25,27). The zero-order valence-corrected chi connectivity index (χ0v) is 14.3. The van der Waals surface area contributed by atoms with Crippen LogP contribution in [0.25, 0.3) is 5.82 Å². The summed E-state index contributed by atoms with van der Waals surface area (Å²) in [5.41, 5.74) is -2.14. The number of nitrogens with zero attached hydrogens (tertiary/aromatic N) is 3. The van der Waals surface area contributed by atoms with Crippen LogP contribution in [0.1, 0.15) is 34.6 Å². The average molecular weight is 395 g/mol. The van der Waals surface area contributed by atoms with E-state index in [0.717, 1.165) is 18.3 Å². The first-order chi connectivity index (χ1) is 13.2. The van der Waals surface area contributed by atoms with Gasteiger partial charge in [0.1, 0.15) is 5.82 Å². The quantitative estimate of drug-likeness (QED) is 0.665. The largest absolute Gasteiger partial charge is 0.434 e. The highest BCUT2D eigenvalue weighted by molar-refractivity contribution is 5.95. The fourth-order valence-electron chi connectivity index (χ4n) is 2.53. The third-order valence-electron chi connectivity index (χ3n) is 3.88. The molecule has 0 saturated carbocycles. The van der Waals surface area contributed by atoms with Gasteiger partial charge in [-0.3, -0.25) is 9.59 Å². The van der Waals surface area contributed by atoms with Gasteiger partial charge in [-0.1, -0.05) is 12.1 Å². The van der Waals surface area contributed by atoms with E-state index in [2.05, 4.69) is 15.5 Å². The number of H-pyrrole nitrogens is 1. The van der Waals surface area contributed by atoms with Gasteiger partial charge in [-0.2, -0.15) is 23.4 Å². The summed E-state index contributed by atoms with van der Waals surface area (Å²) in [5, 5.41) is 11.5. The van der Waals surface area contributed by atoms with Crippen LogP contribution in [-0.4, -0.2) is 25.9 Å². The lowest BCUT2D eigenvalue weighted by Crippen LogP contribution is -2.29. The van der Waals surface area contributed by atoms with Crippen molar-refractivity contribution >= 4 is 5.91 Å². The lowest BCUT2D eigenvalue weighted by molar-refractivity contribution is -0.143. The Hall–Kier alpha value is -3.50. The number of halogens is 4. The summed E-state index contributed by atoms with van der Waals surface area (Å²) < 4.78 is 54.2. The molecule has 0 spiro atoms. The number of benzene rings is 1. The highest BCUT2D eigenvalue weighted by Crippen LogP contribution is 2.33. The van der Waals surface area contributed by atoms with E-state index in [1.807, 2.05) is 5.10 Å². The van der Waals surface area contributed by atoms with Crippen LogP contribution >= 0.6 is 0 Å². The number of carbonyl (C=O) groups is 1. The van der Waals surface area contributed by atoms with Crippen LogP contribution in [0.2, 0.25) is 0 Å². The number of rotatable bonds is 4. The zero-order valence-electron chi connectivity index (χ0n) is 14.3. The normalized spacial score (nSPS) is 12.6. The second-order valence-corrected chi connectivity index (χ2v) is 5.84. The Morgan fingerprint density at radius 1 is 1.18 bits per heavy atom. The van der Waals surface area contributed by atoms with Gasteiger partial charge < -0.3 is 5.32 Å². The molecule has 1 aromatic carbocycles. The minimum absolute atomic E-state index is 0.308. The van der Waals surface area contributed by atoms with Gasteiger partial charge in [-0.15, -0.1) is 0 Å². The van der Waals surface area contributed by atoms with Gasteiger partial charge in [0.25, 0.3) is 11.5 Å². The van der Waals surface area contributed by atoms with Crippen LogP contribution in [0.5, 0.6) is 0 Å². The van der Waals surface area contributed by atoms with Gasteiger partial charge >= 0.3 is 6.18 Å². The minimum atomic E-state index is -4.92. The third kappa shape index (κ3) is 3.92. The summed E-state index contributed by atoms with van der Waals surface area (Å²) in [5.74, 6) is -1.80. The number of aromatic nitrogens is 4. The minimum Gasteiger partial charge on any atom is -0.345 e. The van der Waals surface area contributed by atoms with E-state index in [9.17, 15) is 27.2 Å². The van der Waals surface area contributed by atoms with Crippen molar-refractivity contribution in [1.29, 1.82) is 0 Å². The molecule has 28 heavy (non-hydrogen) atoms. The van der Waals surface area contributed by atoms with Crippen molar-refractivity contribution in [2.24, 2.45) is 0 Å². The van der Waals surface area contributed by atoms with Gasteiger partial charge in [-0.25, -0.2) is 14.2 Å². The fourth-order valence-corrected chi connectivity index (χ4v) is 2.53. The third-order valence-corrected chi connectivity index (χ3v) is 3.88. The molecular weight excluding hydrogens is 382 g/mol. The van der Waals surface area contributed by atoms with Crippen molar-refractivity contribution in [1.82, 2.24) is 25.3 Å². The summed E-state index contributed by atoms with van der Waals surface area (Å²) in [6.45, 7) is 1.55. The monoisotopic (exact) mass is 395 g/mol. The Kier molecular flexibility index (Phi) is 4.99. The maximum Gasteiger partial charge on any atom is 0.434 e. The van der Waals surface area contributed by atoms with Crippen LogP contribution in [0.4, 0.5) is 17.6 Å². The molecule has 2 aromatic heterocycles. The Labute approximate surface area is 155 Å². The lowest BCUT2D eigenvalue weighted by Gasteiger charge is -2.16. The molecule has 0 saturated heterocycles. The first-order valence-corrected chi connectivity index (χ1v) is 7.94. The average Bonchev–Trinajstić information content (AvgIpc) is 3.08. The summed E-state index contributed by atoms with van der Waals surface area (Å²) in [6, 6.07) is 6.54. The number of amides is 1. The van der Waals surface area contributed by atoms with Crippen LogP contribution in [0.3, 0.4) is 0 Å². The van der Waals surface area contributed by atoms with E-state index in [4.69, 9.17) is 0 Å². The van der Waals surface area contributed by atoms with Crippen molar-refractivity contribution in [2.75, 3.05) is 0 Å². The summed E-state index contributed by atoms with van der Waals surface area (Å²) in [4.78, 5) is 23.5. The van der Waals surface area contributed by atoms with E-state index in [0.29, 0.717) is 10.2 Å². The molecule has 2 heterocycles. The molecule has 0 aliphatic heterocycles. The molecule has 0 bridgehead atoms. The summed E-state index contributed by atoms with van der Waals surface area (Å²) in [7, 11) is 0. The summed E-state index contributed by atoms with van der Waals surface area (Å²) >= 11 is 0. The van der Waals surface area contributed by atoms with E-state index in [1.165, 1.54) is 24.3 Å². The molecule has 1 unspecified atom stereocenters. The first kappa shape index (κ1) is 19.3. The Morgan fingerprint density at radius 3 is 2.43 bits per heavy atom. The smallest absolute Gasteiger partial charge is 0.345 e. The number of aromatic amines is 1. The number of hydrogen-bond acceptors (Lipinski definition) is 4. The molecule has 1 atom stereocenters. The maximum absolute atomic E-state index is 13.6. The Balaban J connectivity index is 1.95. The van der Waals surface area contributed by atoms with Gasteiger partial charge in [0.05, 0.1) is 17.8 Å². The molecule has 146 valence electrons. The van der Waals surface area contributed by atoms with Gasteiger partial charge in [0.15, 0.2) is 11.5 Å². The van der Waals surface area contributed by atoms with Gasteiger partial charge in [0.2, 0.25) is 0 Å². The van der Waals surface area contributed by atoms with Crippen molar-refractivity contribution in [3.05, 3.63) is 75.6 Å². The van der Waals surface area contributed by atoms with Crippen molar-refractivity contribution < 1.29 is 22.4 Å². The second kappa shape index (κ2) is 7.25. The number of hydrogen-bond donors (Lipinski definition) is 2. The fraction of sp³-hybridized carbons (Fsp3) is 0.176. The molecule has 3 aromatic rings. The predicted octanol–water partition coefficient (Wildman–Crippen LogP) is 2.60. The zero-order chi connectivity index (χ0) is 20.5. The van der Waals surface area contributed by atoms with E-state index < -0.39 is 40.8 Å². The molecule has 7 nitrogen and oxygen atoms in total. The van der Waals surface area contributed by atoms with Crippen LogP contribution < -0.4 is 10.9 Å². The van der Waals surface area contributed by atoms with Gasteiger partial charge in [0, 0.05) is 6.07 Å². The number of nitrogens with one attached hydrogen (secondary N) is 2. The number of alkyl halides is 3. The predicted molar refractivity (Wildman–Crippen MR) is 89.3 cm³/mol. The SMILES string of the molecule is CC(NC(=O)c1cnn(-c2ccc(=O)[nH]n2)c1C(F)(F)F)c1ccc(F)cc1. The first-order valence-electron chi connectivity index (χ1n) is 7.94. The van der Waals surface area contributed by atoms with Crippen LogP contribution in [0.15, 0.2) is 47.4 Å². The molecule has 3 rings (SSSR count). The molecule has 0 aliphatic carbocycles. The van der Waals surface area contributed by atoms with Crippen LogP contribution in [0, 0.1) is 5.82 Å². The Morgan fingerprint density at radius 2 is 1.86 bits per heavy atom. The van der Waals surface area contributed by atoms with E-state index in [1.54, 1.807) is 6.92 Å².